The van der Waals surface area contributed by atoms with Gasteiger partial charge in [-0.15, -0.1) is 11.8 Å². The molecule has 8 heteroatoms. The Hall–Kier alpha value is -4.22. The Morgan fingerprint density at radius 3 is 2.03 bits per heavy atom. The second-order valence-corrected chi connectivity index (χ2v) is 7.69. The van der Waals surface area contributed by atoms with Gasteiger partial charge in [0.1, 0.15) is 0 Å². The second-order valence-electron chi connectivity index (χ2n) is 6.67. The van der Waals surface area contributed by atoms with Crippen LogP contribution in [0.1, 0.15) is 31.1 Å². The molecule has 3 aromatic rings. The Bertz CT molecular complexity index is 1220. The highest BCUT2D eigenvalue weighted by Crippen LogP contribution is 2.26. The number of carbonyl (C=O) groups is 4. The number of para-hydroxylation sites is 1. The molecule has 1 N–H and O–H groups in total. The number of nitrogens with zero attached hydrogens (tertiary/aromatic N) is 1. The van der Waals surface area contributed by atoms with Gasteiger partial charge in [-0.25, -0.2) is 4.79 Å². The minimum atomic E-state index is -0.745. The third kappa shape index (κ3) is 6.38. The van der Waals surface area contributed by atoms with E-state index in [1.165, 1.54) is 36.0 Å². The SMILES string of the molecule is N#CCSc1ccccc1NC(=O)COC(=O)c1ccc(C(=O)C(=O)c2ccccc2)cc1. The predicted octanol–water partition coefficient (Wildman–Crippen LogP) is 4.16. The molecule has 0 saturated carbocycles. The summed E-state index contributed by atoms with van der Waals surface area (Å²) in [7, 11) is 0. The number of esters is 1. The molecule has 0 aliphatic carbocycles. The first-order chi connectivity index (χ1) is 16.0. The lowest BCUT2D eigenvalue weighted by Crippen LogP contribution is -2.21. The molecule has 1 amide bonds. The number of hydrogen-bond donors (Lipinski definition) is 1. The van der Waals surface area contributed by atoms with E-state index in [-0.39, 0.29) is 22.4 Å². The molecule has 0 fully saturated rings. The van der Waals surface area contributed by atoms with E-state index >= 15 is 0 Å². The maximum atomic E-state index is 12.4. The van der Waals surface area contributed by atoms with Crippen LogP contribution in [0.3, 0.4) is 0 Å². The molecule has 3 aromatic carbocycles. The lowest BCUT2D eigenvalue weighted by molar-refractivity contribution is -0.119. The first-order valence-corrected chi connectivity index (χ1v) is 10.8. The average molecular weight is 458 g/mol. The fourth-order valence-electron chi connectivity index (χ4n) is 2.82. The standard InChI is InChI=1S/C25H18N2O5S/c26-14-15-33-21-9-5-4-8-20(21)27-22(28)16-32-25(31)19-12-10-18(11-13-19)24(30)23(29)17-6-2-1-3-7-17/h1-13H,15-16H2,(H,27,28). The normalized spacial score (nSPS) is 10.0. The Balaban J connectivity index is 1.56. The molecule has 0 atom stereocenters. The van der Waals surface area contributed by atoms with E-state index in [2.05, 4.69) is 5.32 Å². The van der Waals surface area contributed by atoms with Crippen LogP contribution in [0.4, 0.5) is 5.69 Å². The van der Waals surface area contributed by atoms with Gasteiger partial charge in [-0.1, -0.05) is 54.6 Å². The van der Waals surface area contributed by atoms with Gasteiger partial charge >= 0.3 is 5.97 Å². The highest BCUT2D eigenvalue weighted by atomic mass is 32.2. The van der Waals surface area contributed by atoms with E-state index in [0.717, 1.165) is 4.90 Å². The van der Waals surface area contributed by atoms with Crippen molar-refractivity contribution >= 4 is 40.9 Å². The van der Waals surface area contributed by atoms with Crippen molar-refractivity contribution in [3.8, 4) is 6.07 Å². The third-order valence-corrected chi connectivity index (χ3v) is 5.35. The average Bonchev–Trinajstić information content (AvgIpc) is 2.86. The molecular weight excluding hydrogens is 440 g/mol. The van der Waals surface area contributed by atoms with Crippen molar-refractivity contribution in [3.63, 3.8) is 0 Å². The monoisotopic (exact) mass is 458 g/mol. The van der Waals surface area contributed by atoms with Crippen molar-refractivity contribution in [1.29, 1.82) is 5.26 Å². The first-order valence-electron chi connectivity index (χ1n) is 9.79. The van der Waals surface area contributed by atoms with Crippen LogP contribution in [0.2, 0.25) is 0 Å². The zero-order chi connectivity index (χ0) is 23.6. The molecule has 0 bridgehead atoms. The number of carbonyl (C=O) groups excluding carboxylic acids is 4. The Morgan fingerprint density at radius 2 is 1.36 bits per heavy atom. The Kier molecular flexibility index (Phi) is 8.11. The number of nitrogens with one attached hydrogen (secondary N) is 1. The quantitative estimate of drug-likeness (QED) is 0.222. The molecule has 0 aliphatic rings. The van der Waals surface area contributed by atoms with Gasteiger partial charge in [-0.3, -0.25) is 14.4 Å². The maximum absolute atomic E-state index is 12.4. The van der Waals surface area contributed by atoms with E-state index in [0.29, 0.717) is 5.69 Å². The number of amides is 1. The summed E-state index contributed by atoms with van der Waals surface area (Å²) >= 11 is 1.28. The highest BCUT2D eigenvalue weighted by Gasteiger charge is 2.19. The van der Waals surface area contributed by atoms with E-state index in [1.807, 2.05) is 6.07 Å². The van der Waals surface area contributed by atoms with Gasteiger partial charge < -0.3 is 10.1 Å². The van der Waals surface area contributed by atoms with Gasteiger partial charge in [-0.05, 0) is 24.3 Å². The smallest absolute Gasteiger partial charge is 0.338 e. The van der Waals surface area contributed by atoms with E-state index in [1.54, 1.807) is 54.6 Å². The summed E-state index contributed by atoms with van der Waals surface area (Å²) in [6.45, 7) is -0.511. The topological polar surface area (TPSA) is 113 Å². The molecule has 3 rings (SSSR count). The summed E-state index contributed by atoms with van der Waals surface area (Å²) in [6.07, 6.45) is 0. The van der Waals surface area contributed by atoms with E-state index < -0.39 is 30.0 Å². The number of ketones is 2. The number of anilines is 1. The maximum Gasteiger partial charge on any atom is 0.338 e. The van der Waals surface area contributed by atoms with Crippen molar-refractivity contribution in [2.24, 2.45) is 0 Å². The molecule has 0 aromatic heterocycles. The van der Waals surface area contributed by atoms with Crippen molar-refractivity contribution in [2.45, 2.75) is 4.90 Å². The van der Waals surface area contributed by atoms with Crippen LogP contribution in [0.15, 0.2) is 83.8 Å². The number of thioether (sulfide) groups is 1. The van der Waals surface area contributed by atoms with Gasteiger partial charge in [-0.2, -0.15) is 5.26 Å². The van der Waals surface area contributed by atoms with E-state index in [4.69, 9.17) is 10.00 Å². The number of rotatable bonds is 9. The highest BCUT2D eigenvalue weighted by molar-refractivity contribution is 7.99. The number of nitriles is 1. The molecule has 164 valence electrons. The number of Topliss-reactive ketones (excluding diaryl/α,β-unsaturated/α-hetero) is 2. The van der Waals surface area contributed by atoms with Crippen LogP contribution in [0.5, 0.6) is 0 Å². The minimum absolute atomic E-state index is 0.136. The van der Waals surface area contributed by atoms with Crippen molar-refractivity contribution in [3.05, 3.63) is 95.6 Å². The zero-order valence-corrected chi connectivity index (χ0v) is 18.1. The predicted molar refractivity (Wildman–Crippen MR) is 123 cm³/mol. The fraction of sp³-hybridized carbons (Fsp3) is 0.0800. The lowest BCUT2D eigenvalue weighted by Gasteiger charge is -2.10. The lowest BCUT2D eigenvalue weighted by atomic mass is 10.0. The summed E-state index contributed by atoms with van der Waals surface area (Å²) in [6, 6.07) is 22.6. The fourth-order valence-corrected chi connectivity index (χ4v) is 3.49. The molecule has 33 heavy (non-hydrogen) atoms. The summed E-state index contributed by atoms with van der Waals surface area (Å²) < 4.78 is 5.04. The third-order valence-electron chi connectivity index (χ3n) is 4.41. The van der Waals surface area contributed by atoms with Crippen LogP contribution >= 0.6 is 11.8 Å². The Morgan fingerprint density at radius 1 is 0.788 bits per heavy atom. The van der Waals surface area contributed by atoms with Crippen LogP contribution < -0.4 is 5.32 Å². The molecule has 0 heterocycles. The molecule has 0 spiro atoms. The molecule has 0 radical (unpaired) electrons. The van der Waals surface area contributed by atoms with Gasteiger partial charge in [0.2, 0.25) is 11.6 Å². The Labute approximate surface area is 194 Å². The molecule has 0 aliphatic heterocycles. The summed E-state index contributed by atoms with van der Waals surface area (Å²) in [5.41, 5.74) is 1.08. The van der Waals surface area contributed by atoms with Crippen LogP contribution in [-0.2, 0) is 9.53 Å². The second kappa shape index (κ2) is 11.4. The molecule has 0 unspecified atom stereocenters. The molecule has 0 saturated heterocycles. The van der Waals surface area contributed by atoms with Gasteiger partial charge in [0.15, 0.2) is 6.61 Å². The number of hydrogen-bond acceptors (Lipinski definition) is 7. The van der Waals surface area contributed by atoms with Crippen molar-refractivity contribution in [1.82, 2.24) is 0 Å². The van der Waals surface area contributed by atoms with Crippen LogP contribution in [-0.4, -0.2) is 35.8 Å². The van der Waals surface area contributed by atoms with Gasteiger partial charge in [0, 0.05) is 16.0 Å². The zero-order valence-electron chi connectivity index (χ0n) is 17.3. The van der Waals surface area contributed by atoms with Crippen molar-refractivity contribution in [2.75, 3.05) is 17.7 Å². The molecule has 7 nitrogen and oxygen atoms in total. The van der Waals surface area contributed by atoms with Crippen molar-refractivity contribution < 1.29 is 23.9 Å². The van der Waals surface area contributed by atoms with Crippen LogP contribution in [0, 0.1) is 11.3 Å². The van der Waals surface area contributed by atoms with E-state index in [9.17, 15) is 19.2 Å². The van der Waals surface area contributed by atoms with Gasteiger partial charge in [0.05, 0.1) is 23.1 Å². The number of benzene rings is 3. The first kappa shape index (κ1) is 23.4. The summed E-state index contributed by atoms with van der Waals surface area (Å²) in [4.78, 5) is 49.8. The van der Waals surface area contributed by atoms with Crippen LogP contribution in [0.25, 0.3) is 0 Å². The number of ether oxygens (including phenoxy) is 1. The van der Waals surface area contributed by atoms with Gasteiger partial charge in [0.25, 0.3) is 5.91 Å². The summed E-state index contributed by atoms with van der Waals surface area (Å²) in [5, 5.41) is 11.4. The minimum Gasteiger partial charge on any atom is -0.452 e. The largest absolute Gasteiger partial charge is 0.452 e. The summed E-state index contributed by atoms with van der Waals surface area (Å²) in [5.74, 6) is -2.37. The molecular formula is C25H18N2O5S.